The Balaban J connectivity index is 0.00000400. The molecular weight excluding hydrogens is 405 g/mol. The molecular formula is C13H28IN3O3S. The van der Waals surface area contributed by atoms with Crippen LogP contribution in [0, 0.1) is 0 Å². The number of halogens is 1. The van der Waals surface area contributed by atoms with Crippen LogP contribution in [-0.4, -0.2) is 56.2 Å². The summed E-state index contributed by atoms with van der Waals surface area (Å²) in [6.45, 7) is 5.01. The highest BCUT2D eigenvalue weighted by molar-refractivity contribution is 14.0. The molecule has 8 heteroatoms. The lowest BCUT2D eigenvalue weighted by Crippen LogP contribution is -2.45. The van der Waals surface area contributed by atoms with Crippen molar-refractivity contribution in [3.8, 4) is 0 Å². The minimum atomic E-state index is -2.94. The number of aliphatic imine (C=N–C) groups is 1. The number of guanidine groups is 1. The molecule has 6 nitrogen and oxygen atoms in total. The topological polar surface area (TPSA) is 90.8 Å². The monoisotopic (exact) mass is 433 g/mol. The molecule has 3 N–H and O–H groups in total. The maximum Gasteiger partial charge on any atom is 0.191 e. The number of aliphatic hydroxyl groups is 1. The lowest BCUT2D eigenvalue weighted by molar-refractivity contribution is -0.0236. The zero-order chi connectivity index (χ0) is 15.2. The SMILES string of the molecule is CCNC(=NCC1(O)CCC1)NC(C)CCS(C)(=O)=O.I. The van der Waals surface area contributed by atoms with E-state index in [9.17, 15) is 13.5 Å². The van der Waals surface area contributed by atoms with E-state index in [1.165, 1.54) is 6.26 Å². The first-order chi connectivity index (χ1) is 9.24. The second-order valence-electron chi connectivity index (χ2n) is 5.74. The lowest BCUT2D eigenvalue weighted by atomic mass is 9.80. The first-order valence-corrected chi connectivity index (χ1v) is 9.25. The Morgan fingerprint density at radius 3 is 2.48 bits per heavy atom. The lowest BCUT2D eigenvalue weighted by Gasteiger charge is -2.35. The summed E-state index contributed by atoms with van der Waals surface area (Å²) in [6, 6.07) is 0.0126. The summed E-state index contributed by atoms with van der Waals surface area (Å²) in [7, 11) is -2.94. The van der Waals surface area contributed by atoms with Crippen LogP contribution in [0.1, 0.15) is 39.5 Å². The van der Waals surface area contributed by atoms with Gasteiger partial charge in [-0.15, -0.1) is 24.0 Å². The number of rotatable bonds is 7. The van der Waals surface area contributed by atoms with Gasteiger partial charge in [-0.25, -0.2) is 8.42 Å². The van der Waals surface area contributed by atoms with Crippen LogP contribution in [0.5, 0.6) is 0 Å². The highest BCUT2D eigenvalue weighted by Crippen LogP contribution is 2.31. The van der Waals surface area contributed by atoms with Crippen LogP contribution in [0.3, 0.4) is 0 Å². The van der Waals surface area contributed by atoms with E-state index in [2.05, 4.69) is 15.6 Å². The van der Waals surface area contributed by atoms with Crippen LogP contribution in [0.4, 0.5) is 0 Å². The molecule has 126 valence electrons. The van der Waals surface area contributed by atoms with Crippen LogP contribution in [-0.2, 0) is 9.84 Å². The second-order valence-corrected chi connectivity index (χ2v) is 8.00. The Morgan fingerprint density at radius 2 is 2.05 bits per heavy atom. The van der Waals surface area contributed by atoms with Gasteiger partial charge in [0.25, 0.3) is 0 Å². The molecule has 0 aromatic carbocycles. The average molecular weight is 433 g/mol. The average Bonchev–Trinajstić information content (AvgIpc) is 2.30. The van der Waals surface area contributed by atoms with Crippen LogP contribution < -0.4 is 10.6 Å². The second kappa shape index (κ2) is 9.14. The normalized spacial score (nSPS) is 19.1. The van der Waals surface area contributed by atoms with Crippen LogP contribution >= 0.6 is 24.0 Å². The Hall–Kier alpha value is -0.0900. The first kappa shape index (κ1) is 20.9. The van der Waals surface area contributed by atoms with Crippen LogP contribution in [0.25, 0.3) is 0 Å². The Kier molecular flexibility index (Phi) is 9.10. The fourth-order valence-corrected chi connectivity index (χ4v) is 2.77. The van der Waals surface area contributed by atoms with E-state index in [4.69, 9.17) is 0 Å². The van der Waals surface area contributed by atoms with E-state index in [-0.39, 0.29) is 35.8 Å². The van der Waals surface area contributed by atoms with Gasteiger partial charge < -0.3 is 15.7 Å². The number of hydrogen-bond donors (Lipinski definition) is 3. The molecule has 1 atom stereocenters. The van der Waals surface area contributed by atoms with Crippen molar-refractivity contribution in [2.75, 3.05) is 25.1 Å². The molecule has 21 heavy (non-hydrogen) atoms. The van der Waals surface area contributed by atoms with E-state index >= 15 is 0 Å². The molecule has 0 heterocycles. The molecule has 0 radical (unpaired) electrons. The van der Waals surface area contributed by atoms with Crippen molar-refractivity contribution < 1.29 is 13.5 Å². The van der Waals surface area contributed by atoms with E-state index in [0.29, 0.717) is 18.9 Å². The highest BCUT2D eigenvalue weighted by atomic mass is 127. The van der Waals surface area contributed by atoms with Gasteiger partial charge in [0.05, 0.1) is 17.9 Å². The van der Waals surface area contributed by atoms with Gasteiger partial charge in [-0.1, -0.05) is 0 Å². The molecule has 0 aliphatic heterocycles. The molecule has 0 amide bonds. The third-order valence-corrected chi connectivity index (χ3v) is 4.44. The van der Waals surface area contributed by atoms with Gasteiger partial charge in [-0.2, -0.15) is 0 Å². The predicted octanol–water partition coefficient (Wildman–Crippen LogP) is 0.898. The minimum absolute atomic E-state index is 0. The summed E-state index contributed by atoms with van der Waals surface area (Å²) >= 11 is 0. The minimum Gasteiger partial charge on any atom is -0.388 e. The van der Waals surface area contributed by atoms with Gasteiger partial charge in [0.15, 0.2) is 5.96 Å². The van der Waals surface area contributed by atoms with Crippen LogP contribution in [0.15, 0.2) is 4.99 Å². The number of nitrogens with one attached hydrogen (secondary N) is 2. The van der Waals surface area contributed by atoms with Gasteiger partial charge in [0, 0.05) is 18.8 Å². The predicted molar refractivity (Wildman–Crippen MR) is 97.1 cm³/mol. The molecule has 1 aliphatic rings. The molecule has 1 rings (SSSR count). The van der Waals surface area contributed by atoms with Gasteiger partial charge >= 0.3 is 0 Å². The maximum atomic E-state index is 11.1. The Bertz CT molecular complexity index is 436. The van der Waals surface area contributed by atoms with Gasteiger partial charge in [-0.3, -0.25) is 4.99 Å². The molecule has 1 fully saturated rings. The Labute approximate surface area is 145 Å². The van der Waals surface area contributed by atoms with Crippen molar-refractivity contribution in [1.29, 1.82) is 0 Å². The molecule has 1 saturated carbocycles. The van der Waals surface area contributed by atoms with Gasteiger partial charge in [0.1, 0.15) is 9.84 Å². The fraction of sp³-hybridized carbons (Fsp3) is 0.923. The molecule has 0 aromatic rings. The van der Waals surface area contributed by atoms with Crippen molar-refractivity contribution in [3.05, 3.63) is 0 Å². The van der Waals surface area contributed by atoms with Crippen molar-refractivity contribution in [3.63, 3.8) is 0 Å². The quantitative estimate of drug-likeness (QED) is 0.315. The highest BCUT2D eigenvalue weighted by Gasteiger charge is 2.34. The van der Waals surface area contributed by atoms with Crippen molar-refractivity contribution in [1.82, 2.24) is 10.6 Å². The molecule has 0 saturated heterocycles. The molecule has 0 bridgehead atoms. The maximum absolute atomic E-state index is 11.1. The van der Waals surface area contributed by atoms with Crippen LogP contribution in [0.2, 0.25) is 0 Å². The molecule has 0 aromatic heterocycles. The third-order valence-electron chi connectivity index (χ3n) is 3.46. The largest absolute Gasteiger partial charge is 0.388 e. The fourth-order valence-electron chi connectivity index (χ4n) is 1.99. The van der Waals surface area contributed by atoms with E-state index in [1.54, 1.807) is 0 Å². The molecule has 1 unspecified atom stereocenters. The molecule has 1 aliphatic carbocycles. The summed E-state index contributed by atoms with van der Waals surface area (Å²) < 4.78 is 22.3. The zero-order valence-electron chi connectivity index (χ0n) is 13.1. The number of nitrogens with zero attached hydrogens (tertiary/aromatic N) is 1. The summed E-state index contributed by atoms with van der Waals surface area (Å²) in [5.74, 6) is 0.790. The van der Waals surface area contributed by atoms with Crippen molar-refractivity contribution >= 4 is 39.8 Å². The van der Waals surface area contributed by atoms with E-state index < -0.39 is 15.4 Å². The van der Waals surface area contributed by atoms with Gasteiger partial charge in [0.2, 0.25) is 0 Å². The Morgan fingerprint density at radius 1 is 1.43 bits per heavy atom. The number of sulfone groups is 1. The summed E-state index contributed by atoms with van der Waals surface area (Å²) in [4.78, 5) is 4.39. The molecule has 0 spiro atoms. The third kappa shape index (κ3) is 8.82. The van der Waals surface area contributed by atoms with Crippen molar-refractivity contribution in [2.45, 2.75) is 51.2 Å². The van der Waals surface area contributed by atoms with E-state index in [1.807, 2.05) is 13.8 Å². The zero-order valence-corrected chi connectivity index (χ0v) is 16.2. The first-order valence-electron chi connectivity index (χ1n) is 7.19. The standard InChI is InChI=1S/C13H27N3O3S.HI/c1-4-14-12(15-10-13(17)7-5-8-13)16-11(2)6-9-20(3,18)19;/h11,17H,4-10H2,1-3H3,(H2,14,15,16);1H. The van der Waals surface area contributed by atoms with Crippen molar-refractivity contribution in [2.24, 2.45) is 4.99 Å². The summed E-state index contributed by atoms with van der Waals surface area (Å²) in [5, 5.41) is 16.3. The summed E-state index contributed by atoms with van der Waals surface area (Å²) in [5.41, 5.74) is -0.641. The van der Waals surface area contributed by atoms with E-state index in [0.717, 1.165) is 25.8 Å². The van der Waals surface area contributed by atoms with Gasteiger partial charge in [-0.05, 0) is 39.5 Å². The number of hydrogen-bond acceptors (Lipinski definition) is 4. The smallest absolute Gasteiger partial charge is 0.191 e. The summed E-state index contributed by atoms with van der Waals surface area (Å²) in [6.07, 6.45) is 4.44.